The van der Waals surface area contributed by atoms with E-state index in [2.05, 4.69) is 0 Å². The summed E-state index contributed by atoms with van der Waals surface area (Å²) in [5.41, 5.74) is 3.46. The van der Waals surface area contributed by atoms with Gasteiger partial charge < -0.3 is 19.0 Å². The number of amides is 2. The van der Waals surface area contributed by atoms with E-state index in [4.69, 9.17) is 9.57 Å². The number of carbonyl (C=O) groups excluding carboxylic acids is 3. The largest absolute Gasteiger partial charge is 1.00 e. The van der Waals surface area contributed by atoms with Gasteiger partial charge in [0.05, 0.1) is 25.9 Å². The molecule has 7 rings (SSSR count). The Hall–Kier alpha value is -4.86. The van der Waals surface area contributed by atoms with Crippen LogP contribution in [-0.4, -0.2) is 104 Å². The number of hydrogen-bond donors (Lipinski definition) is 3. The summed E-state index contributed by atoms with van der Waals surface area (Å²) in [5.74, 6) is -1.73. The van der Waals surface area contributed by atoms with E-state index >= 15 is 0 Å². The van der Waals surface area contributed by atoms with Crippen molar-refractivity contribution in [2.75, 3.05) is 23.7 Å². The Morgan fingerprint density at radius 2 is 1.35 bits per heavy atom. The Bertz CT molecular complexity index is 3400. The molecule has 3 aliphatic heterocycles. The van der Waals surface area contributed by atoms with E-state index in [1.54, 1.807) is 12.1 Å². The molecule has 25 heteroatoms. The summed E-state index contributed by atoms with van der Waals surface area (Å²) in [4.78, 5) is 42.2. The molecule has 0 radical (unpaired) electrons. The molecular weight excluding hydrogens is 1070 g/mol. The molecule has 3 N–H and O–H groups in total. The summed E-state index contributed by atoms with van der Waals surface area (Å²) >= 11 is 0. The van der Waals surface area contributed by atoms with Crippen molar-refractivity contribution in [3.05, 3.63) is 119 Å². The number of unbranched alkanes of at least 4 members (excludes halogenated alkanes) is 3. The minimum atomic E-state index is -4.83. The fourth-order valence-corrected chi connectivity index (χ4v) is 11.7. The zero-order chi connectivity index (χ0) is 54.2. The van der Waals surface area contributed by atoms with Crippen LogP contribution in [0.2, 0.25) is 0 Å². The molecule has 4 aliphatic rings. The summed E-state index contributed by atoms with van der Waals surface area (Å²) in [5, 5.41) is 0.501. The van der Waals surface area contributed by atoms with Gasteiger partial charge in [0.2, 0.25) is 5.69 Å². The number of carbonyl (C=O) groups is 3. The first-order valence-electron chi connectivity index (χ1n) is 23.7. The second-order valence-corrected chi connectivity index (χ2v) is 25.2. The van der Waals surface area contributed by atoms with Crippen LogP contribution in [0.5, 0.6) is 5.75 Å². The topological polar surface area (TPSA) is 299 Å². The number of allylic oxidation sites excluding steroid dienone is 7. The molecule has 2 amide bonds. The van der Waals surface area contributed by atoms with Gasteiger partial charge in [-0.05, 0) is 142 Å². The molecule has 1 saturated heterocycles. The van der Waals surface area contributed by atoms with E-state index in [-0.39, 0.29) is 77.3 Å². The summed E-state index contributed by atoms with van der Waals surface area (Å²) in [6, 6.07) is 13.6. The summed E-state index contributed by atoms with van der Waals surface area (Å²) in [6.45, 7) is 8.17. The number of ether oxygens (including phenoxy) is 1. The first-order valence-corrected chi connectivity index (χ1v) is 29.6. The average Bonchev–Trinajstić information content (AvgIpc) is 3.82. The van der Waals surface area contributed by atoms with Crippen molar-refractivity contribution < 1.29 is 110 Å². The van der Waals surface area contributed by atoms with Crippen molar-refractivity contribution >= 4 is 75.3 Å². The molecule has 0 saturated carbocycles. The summed E-state index contributed by atoms with van der Waals surface area (Å²) in [6.07, 6.45) is 10.8. The third-order valence-corrected chi connectivity index (χ3v) is 16.9. The standard InChI is InChI=1S/C50H57N3O17S4.Na/c1-49(2)39-31-37(73(63,64)65)20-22-41(39)51(28-7-5-6-13-47(56)70-53-45(54)26-27-46(53)55)43(49)24-14-33-11-10-12-34(48(33)69-35-16-18-36(19-17-35)72(60,61)62)15-25-44-50(3,4)40-32-38(74(66,67)68)21-23-42(40)52(44)29-8-9-30-71(57,58)59;/h14-25,31-32H,5-13,26-30H2,1-4H3,(H3-,57,58,59,60,61,62,63,64,65,66,67,68);/q;+1. The van der Waals surface area contributed by atoms with Gasteiger partial charge in [-0.25, -0.2) is 13.2 Å². The van der Waals surface area contributed by atoms with Crippen molar-refractivity contribution in [3.8, 4) is 5.75 Å². The van der Waals surface area contributed by atoms with Gasteiger partial charge in [-0.3, -0.25) is 23.2 Å². The fourth-order valence-electron chi connectivity index (χ4n) is 9.69. The van der Waals surface area contributed by atoms with Crippen LogP contribution in [0.4, 0.5) is 11.4 Å². The van der Waals surface area contributed by atoms with Gasteiger partial charge in [-0.1, -0.05) is 19.9 Å². The van der Waals surface area contributed by atoms with Crippen LogP contribution < -0.4 is 39.2 Å². The Balaban J connectivity index is 0.00000914. The van der Waals surface area contributed by atoms with Crippen LogP contribution >= 0.6 is 0 Å². The van der Waals surface area contributed by atoms with Gasteiger partial charge in [-0.2, -0.15) is 29.8 Å². The number of hydrogen-bond acceptors (Lipinski definition) is 15. The molecule has 3 aromatic rings. The molecule has 0 bridgehead atoms. The quantitative estimate of drug-likeness (QED) is 0.0474. The minimum absolute atomic E-state index is 0. The zero-order valence-electron chi connectivity index (χ0n) is 42.0. The van der Waals surface area contributed by atoms with E-state index < -0.39 is 79.7 Å². The Morgan fingerprint density at radius 1 is 0.720 bits per heavy atom. The summed E-state index contributed by atoms with van der Waals surface area (Å²) in [7, 11) is -18.2. The number of anilines is 1. The molecule has 0 atom stereocenters. The summed E-state index contributed by atoms with van der Waals surface area (Å²) < 4.78 is 146. The minimum Gasteiger partial charge on any atom is -0.744 e. The predicted molar refractivity (Wildman–Crippen MR) is 268 cm³/mol. The van der Waals surface area contributed by atoms with Crippen LogP contribution in [0.3, 0.4) is 0 Å². The van der Waals surface area contributed by atoms with E-state index in [1.165, 1.54) is 48.5 Å². The first-order chi connectivity index (χ1) is 34.5. The Labute approximate surface area is 459 Å². The number of hydroxylamine groups is 2. The predicted octanol–water partition coefficient (Wildman–Crippen LogP) is 3.98. The van der Waals surface area contributed by atoms with Gasteiger partial charge in [0.25, 0.3) is 42.2 Å². The fraction of sp³-hybridized carbons (Fsp3) is 0.400. The Kier molecular flexibility index (Phi) is 18.2. The average molecular weight is 1120 g/mol. The second-order valence-electron chi connectivity index (χ2n) is 19.4. The molecule has 398 valence electrons. The molecule has 0 aromatic heterocycles. The smallest absolute Gasteiger partial charge is 0.744 e. The number of imide groups is 1. The molecule has 75 heavy (non-hydrogen) atoms. The molecule has 20 nitrogen and oxygen atoms in total. The van der Waals surface area contributed by atoms with E-state index in [1.807, 2.05) is 61.5 Å². The van der Waals surface area contributed by atoms with Gasteiger partial charge in [0, 0.05) is 66.7 Å². The van der Waals surface area contributed by atoms with Crippen molar-refractivity contribution in [2.45, 2.75) is 124 Å². The maximum absolute atomic E-state index is 12.5. The van der Waals surface area contributed by atoms with Crippen LogP contribution in [0, 0.1) is 0 Å². The number of fused-ring (bicyclic) bond motifs is 2. The third-order valence-electron chi connectivity index (χ3n) is 13.5. The Morgan fingerprint density at radius 3 is 1.97 bits per heavy atom. The second kappa shape index (κ2) is 23.0. The maximum atomic E-state index is 12.5. The molecule has 1 fully saturated rings. The molecule has 3 heterocycles. The monoisotopic (exact) mass is 1120 g/mol. The number of benzene rings is 3. The molecule has 0 unspecified atom stereocenters. The van der Waals surface area contributed by atoms with Crippen molar-refractivity contribution in [1.82, 2.24) is 5.06 Å². The molecule has 1 aliphatic carbocycles. The van der Waals surface area contributed by atoms with Crippen LogP contribution in [0.25, 0.3) is 0 Å². The number of rotatable bonds is 20. The number of nitrogens with zero attached hydrogens (tertiary/aromatic N) is 3. The van der Waals surface area contributed by atoms with Crippen LogP contribution in [0.1, 0.15) is 109 Å². The van der Waals surface area contributed by atoms with Gasteiger partial charge in [-0.15, -0.1) is 5.06 Å². The van der Waals surface area contributed by atoms with Crippen LogP contribution in [0.15, 0.2) is 122 Å². The molecular formula is C50H57N3NaO17S4+. The van der Waals surface area contributed by atoms with Crippen LogP contribution in [-0.2, 0) is 70.5 Å². The van der Waals surface area contributed by atoms with Gasteiger partial charge in [0.1, 0.15) is 28.2 Å². The molecule has 0 spiro atoms. The first kappa shape index (κ1) is 59.4. The molecule has 3 aromatic carbocycles. The van der Waals surface area contributed by atoms with Crippen molar-refractivity contribution in [1.29, 1.82) is 0 Å². The van der Waals surface area contributed by atoms with Gasteiger partial charge in [0.15, 0.2) is 5.71 Å². The van der Waals surface area contributed by atoms with E-state index in [0.717, 1.165) is 5.71 Å². The maximum Gasteiger partial charge on any atom is 1.00 e. The zero-order valence-corrected chi connectivity index (χ0v) is 47.3. The SMILES string of the molecule is CC1(C)C(=CC=C2CCCC(C=CC3=[N+](CCCCCC(=O)ON4C(=O)CCC4=O)c4ccc(S(=O)(=O)[O-])cc4C3(C)C)=C2Oc2ccc(S(=O)(=O)O)cc2)N(CCCCS(=O)(=O)O)c2ccc(S(=O)(=O)O)cc21.[Na+]. The van der Waals surface area contributed by atoms with E-state index in [9.17, 15) is 66.3 Å². The van der Waals surface area contributed by atoms with Crippen molar-refractivity contribution in [3.63, 3.8) is 0 Å². The van der Waals surface area contributed by atoms with E-state index in [0.29, 0.717) is 102 Å². The third kappa shape index (κ3) is 13.8. The van der Waals surface area contributed by atoms with Gasteiger partial charge >= 0.3 is 35.5 Å². The van der Waals surface area contributed by atoms with Crippen molar-refractivity contribution in [2.24, 2.45) is 0 Å². The normalized spacial score (nSPS) is 18.8.